The summed E-state index contributed by atoms with van der Waals surface area (Å²) < 4.78 is 27.8. The van der Waals surface area contributed by atoms with Gasteiger partial charge in [-0.2, -0.15) is 4.37 Å². The molecule has 0 amide bonds. The summed E-state index contributed by atoms with van der Waals surface area (Å²) in [5.41, 5.74) is 5.64. The molecule has 0 aliphatic rings. The first-order chi connectivity index (χ1) is 9.04. The fourth-order valence-electron chi connectivity index (χ4n) is 1.51. The lowest BCUT2D eigenvalue weighted by Gasteiger charge is -2.06. The molecular weight excluding hydrogens is 304 g/mol. The zero-order valence-electron chi connectivity index (χ0n) is 10.3. The Morgan fingerprint density at radius 1 is 1.47 bits per heavy atom. The number of nitrogens with zero attached hydrogens (tertiary/aromatic N) is 2. The number of anilines is 2. The monoisotopic (exact) mass is 318 g/mol. The molecule has 0 saturated heterocycles. The zero-order chi connectivity index (χ0) is 13.9. The molecule has 104 valence electrons. The van der Waals surface area contributed by atoms with E-state index in [-0.39, 0.29) is 16.5 Å². The fourth-order valence-corrected chi connectivity index (χ4v) is 4.32. The minimum atomic E-state index is -3.35. The van der Waals surface area contributed by atoms with Crippen molar-refractivity contribution >= 4 is 43.5 Å². The van der Waals surface area contributed by atoms with Crippen molar-refractivity contribution in [2.75, 3.05) is 23.3 Å². The van der Waals surface area contributed by atoms with E-state index < -0.39 is 9.84 Å². The van der Waals surface area contributed by atoms with Gasteiger partial charge in [0.25, 0.3) is 0 Å². The maximum absolute atomic E-state index is 11.9. The minimum absolute atomic E-state index is 0.0107. The molecule has 0 atom stereocenters. The molecule has 2 heterocycles. The van der Waals surface area contributed by atoms with Crippen LogP contribution in [0.5, 0.6) is 0 Å². The molecule has 0 aromatic carbocycles. The number of nitrogens with one attached hydrogen (secondary N) is 1. The van der Waals surface area contributed by atoms with E-state index in [4.69, 9.17) is 5.73 Å². The molecule has 0 fully saturated rings. The smallest absolute Gasteiger partial charge is 0.184 e. The van der Waals surface area contributed by atoms with E-state index in [9.17, 15) is 8.42 Å². The van der Waals surface area contributed by atoms with Crippen molar-refractivity contribution in [1.29, 1.82) is 0 Å². The van der Waals surface area contributed by atoms with E-state index in [0.717, 1.165) is 23.0 Å². The highest BCUT2D eigenvalue weighted by Gasteiger charge is 2.23. The average Bonchev–Trinajstić information content (AvgIpc) is 3.00. The summed E-state index contributed by atoms with van der Waals surface area (Å²) in [6, 6.07) is 0. The number of sulfone groups is 1. The fraction of sp³-hybridized carbons (Fsp3) is 0.400. The van der Waals surface area contributed by atoms with Gasteiger partial charge in [-0.3, -0.25) is 0 Å². The van der Waals surface area contributed by atoms with E-state index in [1.165, 1.54) is 0 Å². The molecule has 0 unspecified atom stereocenters. The first-order valence-electron chi connectivity index (χ1n) is 5.64. The second-order valence-corrected chi connectivity index (χ2v) is 7.70. The van der Waals surface area contributed by atoms with Gasteiger partial charge in [-0.05, 0) is 11.5 Å². The molecule has 0 saturated carbocycles. The molecule has 9 heteroatoms. The lowest BCUT2D eigenvalue weighted by Crippen LogP contribution is -2.10. The van der Waals surface area contributed by atoms with Gasteiger partial charge in [-0.25, -0.2) is 13.4 Å². The SMILES string of the molecule is CCS(=O)(=O)c1c(N)nsc1NCCc1nccs1. The molecule has 0 aliphatic carbocycles. The lowest BCUT2D eigenvalue weighted by molar-refractivity contribution is 0.598. The summed E-state index contributed by atoms with van der Waals surface area (Å²) in [7, 11) is -3.35. The number of nitrogens with two attached hydrogens (primary N) is 1. The van der Waals surface area contributed by atoms with Crippen molar-refractivity contribution in [3.63, 3.8) is 0 Å². The van der Waals surface area contributed by atoms with Crippen molar-refractivity contribution in [2.24, 2.45) is 0 Å². The number of rotatable bonds is 6. The summed E-state index contributed by atoms with van der Waals surface area (Å²) in [5.74, 6) is 0.0835. The third kappa shape index (κ3) is 3.23. The Hall–Kier alpha value is -1.19. The molecule has 0 spiro atoms. The van der Waals surface area contributed by atoms with Crippen molar-refractivity contribution in [2.45, 2.75) is 18.2 Å². The van der Waals surface area contributed by atoms with Crippen LogP contribution in [0.15, 0.2) is 16.5 Å². The molecule has 19 heavy (non-hydrogen) atoms. The van der Waals surface area contributed by atoms with Gasteiger partial charge in [0.15, 0.2) is 15.7 Å². The van der Waals surface area contributed by atoms with Crippen LogP contribution in [0, 0.1) is 0 Å². The Bertz CT molecular complexity index is 634. The Balaban J connectivity index is 2.09. The largest absolute Gasteiger partial charge is 0.382 e. The Morgan fingerprint density at radius 2 is 2.26 bits per heavy atom. The average molecular weight is 318 g/mol. The second kappa shape index (κ2) is 5.85. The number of thiazole rings is 1. The number of nitrogen functional groups attached to an aromatic ring is 1. The van der Waals surface area contributed by atoms with Crippen LogP contribution in [0.1, 0.15) is 11.9 Å². The number of aromatic nitrogens is 2. The van der Waals surface area contributed by atoms with E-state index in [1.54, 1.807) is 24.5 Å². The second-order valence-electron chi connectivity index (χ2n) is 3.73. The van der Waals surface area contributed by atoms with Crippen LogP contribution in [0.3, 0.4) is 0 Å². The van der Waals surface area contributed by atoms with E-state index in [1.807, 2.05) is 5.38 Å². The maximum atomic E-state index is 11.9. The van der Waals surface area contributed by atoms with Gasteiger partial charge in [-0.15, -0.1) is 11.3 Å². The Labute approximate surface area is 119 Å². The Morgan fingerprint density at radius 3 is 2.89 bits per heavy atom. The molecule has 0 bridgehead atoms. The van der Waals surface area contributed by atoms with Gasteiger partial charge in [0, 0.05) is 24.5 Å². The molecule has 2 aromatic heterocycles. The normalized spacial score (nSPS) is 11.6. The van der Waals surface area contributed by atoms with Crippen molar-refractivity contribution < 1.29 is 8.42 Å². The molecule has 0 radical (unpaired) electrons. The van der Waals surface area contributed by atoms with E-state index >= 15 is 0 Å². The lowest BCUT2D eigenvalue weighted by atomic mass is 10.4. The van der Waals surface area contributed by atoms with E-state index in [0.29, 0.717) is 11.5 Å². The summed E-state index contributed by atoms with van der Waals surface area (Å²) in [6.45, 7) is 2.19. The maximum Gasteiger partial charge on any atom is 0.184 e. The minimum Gasteiger partial charge on any atom is -0.382 e. The van der Waals surface area contributed by atoms with Crippen molar-refractivity contribution in [3.05, 3.63) is 16.6 Å². The predicted molar refractivity (Wildman–Crippen MR) is 78.6 cm³/mol. The van der Waals surface area contributed by atoms with Gasteiger partial charge in [-0.1, -0.05) is 6.92 Å². The van der Waals surface area contributed by atoms with Crippen LogP contribution in [-0.4, -0.2) is 30.1 Å². The molecule has 3 N–H and O–H groups in total. The first-order valence-corrected chi connectivity index (χ1v) is 8.95. The van der Waals surface area contributed by atoms with Crippen LogP contribution in [0.4, 0.5) is 10.8 Å². The van der Waals surface area contributed by atoms with Gasteiger partial charge < -0.3 is 11.1 Å². The summed E-state index contributed by atoms with van der Waals surface area (Å²) in [4.78, 5) is 4.29. The van der Waals surface area contributed by atoms with Gasteiger partial charge in [0.2, 0.25) is 0 Å². The van der Waals surface area contributed by atoms with Crippen LogP contribution >= 0.6 is 22.9 Å². The number of hydrogen-bond acceptors (Lipinski definition) is 8. The molecule has 0 aliphatic heterocycles. The zero-order valence-corrected chi connectivity index (χ0v) is 12.7. The molecule has 2 rings (SSSR count). The quantitative estimate of drug-likeness (QED) is 0.840. The summed E-state index contributed by atoms with van der Waals surface area (Å²) in [5, 5.41) is 6.50. The highest BCUT2D eigenvalue weighted by molar-refractivity contribution is 7.91. The van der Waals surface area contributed by atoms with Crippen molar-refractivity contribution in [3.8, 4) is 0 Å². The molecular formula is C10H14N4O2S3. The molecule has 2 aromatic rings. The predicted octanol–water partition coefficient (Wildman–Crippen LogP) is 1.63. The van der Waals surface area contributed by atoms with Gasteiger partial charge in [0.1, 0.15) is 9.90 Å². The Kier molecular flexibility index (Phi) is 4.38. The van der Waals surface area contributed by atoms with Crippen LogP contribution < -0.4 is 11.1 Å². The van der Waals surface area contributed by atoms with Gasteiger partial charge >= 0.3 is 0 Å². The van der Waals surface area contributed by atoms with Gasteiger partial charge in [0.05, 0.1) is 10.8 Å². The molecule has 6 nitrogen and oxygen atoms in total. The van der Waals surface area contributed by atoms with Crippen LogP contribution in [0.25, 0.3) is 0 Å². The van der Waals surface area contributed by atoms with Crippen LogP contribution in [0.2, 0.25) is 0 Å². The standard InChI is InChI=1S/C10H14N4O2S3/c1-2-19(15,16)8-9(11)14-18-10(8)13-4-3-7-12-5-6-17-7/h5-6,13H,2-4H2,1H3,(H2,11,14). The van der Waals surface area contributed by atoms with Crippen LogP contribution in [-0.2, 0) is 16.3 Å². The van der Waals surface area contributed by atoms with E-state index in [2.05, 4.69) is 14.7 Å². The third-order valence-electron chi connectivity index (χ3n) is 2.47. The topological polar surface area (TPSA) is 98.0 Å². The highest BCUT2D eigenvalue weighted by Crippen LogP contribution is 2.32. The third-order valence-corrected chi connectivity index (χ3v) is 6.06. The summed E-state index contributed by atoms with van der Waals surface area (Å²) >= 11 is 2.64. The highest BCUT2D eigenvalue weighted by atomic mass is 32.2. The first kappa shape index (κ1) is 14.2. The number of hydrogen-bond donors (Lipinski definition) is 2. The summed E-state index contributed by atoms with van der Waals surface area (Å²) in [6.07, 6.45) is 2.48. The van der Waals surface area contributed by atoms with Crippen molar-refractivity contribution in [1.82, 2.24) is 9.36 Å².